The summed E-state index contributed by atoms with van der Waals surface area (Å²) in [4.78, 5) is 9.32. The Morgan fingerprint density at radius 2 is 0.392 bits per heavy atom. The molecule has 0 saturated heterocycles. The maximum atomic E-state index is 6.57. The molecule has 0 radical (unpaired) electrons. The van der Waals surface area contributed by atoms with Gasteiger partial charge in [0.15, 0.2) is 0 Å². The fourth-order valence-electron chi connectivity index (χ4n) is 11.3. The van der Waals surface area contributed by atoms with Gasteiger partial charge in [0.1, 0.15) is 22.3 Å². The van der Waals surface area contributed by atoms with Crippen molar-refractivity contribution in [1.29, 1.82) is 0 Å². The van der Waals surface area contributed by atoms with Crippen LogP contribution in [-0.2, 0) is 0 Å². The first-order valence-electron chi connectivity index (χ1n) is 26.6. The lowest BCUT2D eigenvalue weighted by Gasteiger charge is -2.26. The number of hydrogen-bond acceptors (Lipinski definition) is 7. The number of furan rings is 2. The molecule has 0 N–H and O–H groups in total. The summed E-state index contributed by atoms with van der Waals surface area (Å²) in [6, 6.07) is 103. The van der Waals surface area contributed by atoms with E-state index in [1.54, 1.807) is 0 Å². The second kappa shape index (κ2) is 19.3. The predicted molar refractivity (Wildman–Crippen MR) is 333 cm³/mol. The molecule has 12 aromatic carbocycles. The first-order valence-corrected chi connectivity index (χ1v) is 27.4. The summed E-state index contributed by atoms with van der Waals surface area (Å²) < 4.78 is 15.6. The average molecular weight is 1030 g/mol. The Morgan fingerprint density at radius 3 is 0.633 bits per heavy atom. The van der Waals surface area contributed by atoms with Gasteiger partial charge in [-0.15, -0.1) is 11.3 Å². The van der Waals surface area contributed by atoms with Crippen LogP contribution in [0, 0.1) is 0 Å². The van der Waals surface area contributed by atoms with E-state index in [-0.39, 0.29) is 0 Å². The highest BCUT2D eigenvalue weighted by Gasteiger charge is 2.22. The molecule has 374 valence electrons. The highest BCUT2D eigenvalue weighted by atomic mass is 32.1. The molecule has 0 aliphatic carbocycles. The number of nitrogens with zero attached hydrogens (tertiary/aromatic N) is 4. The molecule has 0 aliphatic rings. The number of benzene rings is 12. The Kier molecular flexibility index (Phi) is 11.3. The van der Waals surface area contributed by atoms with Crippen LogP contribution in [0.2, 0.25) is 0 Å². The van der Waals surface area contributed by atoms with Crippen molar-refractivity contribution in [3.63, 3.8) is 0 Å². The average Bonchev–Trinajstić information content (AvgIpc) is 4.43. The van der Waals surface area contributed by atoms with Crippen molar-refractivity contribution in [1.82, 2.24) is 0 Å². The number of para-hydroxylation sites is 6. The van der Waals surface area contributed by atoms with E-state index in [0.717, 1.165) is 112 Å². The lowest BCUT2D eigenvalue weighted by molar-refractivity contribution is 0.668. The van der Waals surface area contributed by atoms with Crippen molar-refractivity contribution in [2.45, 2.75) is 0 Å². The summed E-state index contributed by atoms with van der Waals surface area (Å²) in [5.74, 6) is 0. The van der Waals surface area contributed by atoms with E-state index in [0.29, 0.717) is 0 Å². The molecule has 0 fully saturated rings. The van der Waals surface area contributed by atoms with Crippen LogP contribution in [0.25, 0.3) is 64.0 Å². The van der Waals surface area contributed by atoms with Crippen LogP contribution in [0.5, 0.6) is 0 Å². The second-order valence-electron chi connectivity index (χ2n) is 19.7. The monoisotopic (exact) mass is 1030 g/mol. The van der Waals surface area contributed by atoms with Gasteiger partial charge >= 0.3 is 0 Å². The van der Waals surface area contributed by atoms with Gasteiger partial charge in [-0.25, -0.2) is 0 Å². The molecule has 0 atom stereocenters. The molecule has 7 heteroatoms. The largest absolute Gasteiger partial charge is 0.456 e. The van der Waals surface area contributed by atoms with Crippen LogP contribution in [0.4, 0.5) is 68.2 Å². The Labute approximate surface area is 460 Å². The van der Waals surface area contributed by atoms with Gasteiger partial charge in [-0.3, -0.25) is 0 Å². The number of fused-ring (bicyclic) bond motifs is 9. The molecular formula is C72H48N4O2S. The van der Waals surface area contributed by atoms with Crippen LogP contribution in [0.3, 0.4) is 0 Å². The predicted octanol–water partition coefficient (Wildman–Crippen LogP) is 21.7. The zero-order chi connectivity index (χ0) is 52.2. The van der Waals surface area contributed by atoms with Crippen molar-refractivity contribution >= 4 is 144 Å². The van der Waals surface area contributed by atoms with E-state index in [4.69, 9.17) is 8.83 Å². The minimum Gasteiger partial charge on any atom is -0.456 e. The van der Waals surface area contributed by atoms with E-state index in [1.165, 1.54) is 20.2 Å². The first kappa shape index (κ1) is 46.0. The lowest BCUT2D eigenvalue weighted by Crippen LogP contribution is -2.10. The van der Waals surface area contributed by atoms with Crippen molar-refractivity contribution < 1.29 is 8.83 Å². The summed E-state index contributed by atoms with van der Waals surface area (Å²) in [7, 11) is 0. The molecule has 0 amide bonds. The zero-order valence-corrected chi connectivity index (χ0v) is 43.5. The molecule has 15 rings (SSSR count). The summed E-state index contributed by atoms with van der Waals surface area (Å²) in [5, 5.41) is 6.59. The van der Waals surface area contributed by atoms with Gasteiger partial charge in [0.25, 0.3) is 0 Å². The molecule has 15 aromatic rings. The standard InChI is InChI=1S/C72H48N4O2S/c1-7-19-49(20-8-1)73(50-21-9-2-10-22-50)55-31-37-67-61(43-55)63-45-57(33-39-69(63)77-67)75(53-27-15-5-16-28-53)59-35-41-71-65(47-59)66-48-60(36-42-72(66)79-71)76(54-29-17-6-18-30-54)58-34-40-70-64(46-58)62-44-56(32-38-68(62)78-70)74(51-23-11-3-12-24-51)52-25-13-4-14-26-52/h1-48H. The van der Waals surface area contributed by atoms with Crippen molar-refractivity contribution in [2.75, 3.05) is 19.6 Å². The van der Waals surface area contributed by atoms with Crippen LogP contribution >= 0.6 is 11.3 Å². The van der Waals surface area contributed by atoms with Crippen molar-refractivity contribution in [3.8, 4) is 0 Å². The maximum Gasteiger partial charge on any atom is 0.135 e. The van der Waals surface area contributed by atoms with Crippen LogP contribution in [0.15, 0.2) is 300 Å². The number of hydrogen-bond donors (Lipinski definition) is 0. The van der Waals surface area contributed by atoms with Crippen molar-refractivity contribution in [3.05, 3.63) is 291 Å². The SMILES string of the molecule is c1ccc(N(c2ccccc2)c2ccc3oc4ccc(N(c5ccccc5)c5ccc6sc7ccc(N(c8ccccc8)c8ccc9oc%10ccc(N(c%11ccccc%11)c%11ccccc%11)cc%10c9c8)cc7c6c5)cc4c3c2)cc1. The molecule has 3 aromatic heterocycles. The van der Waals surface area contributed by atoms with Gasteiger partial charge < -0.3 is 28.4 Å². The van der Waals surface area contributed by atoms with Gasteiger partial charge in [0, 0.05) is 110 Å². The normalized spacial score (nSPS) is 11.5. The highest BCUT2D eigenvalue weighted by Crippen LogP contribution is 2.47. The van der Waals surface area contributed by atoms with E-state index >= 15 is 0 Å². The number of thiophene rings is 1. The minimum absolute atomic E-state index is 0.840. The van der Waals surface area contributed by atoms with Crippen LogP contribution < -0.4 is 19.6 Å². The fraction of sp³-hybridized carbons (Fsp3) is 0. The molecule has 3 heterocycles. The number of anilines is 12. The lowest BCUT2D eigenvalue weighted by atomic mass is 10.1. The van der Waals surface area contributed by atoms with Gasteiger partial charge in [-0.2, -0.15) is 0 Å². The van der Waals surface area contributed by atoms with E-state index in [1.807, 2.05) is 11.3 Å². The maximum absolute atomic E-state index is 6.57. The molecule has 6 nitrogen and oxygen atoms in total. The third kappa shape index (κ3) is 8.28. The molecule has 0 aliphatic heterocycles. The Balaban J connectivity index is 0.840. The zero-order valence-electron chi connectivity index (χ0n) is 42.7. The van der Waals surface area contributed by atoms with Crippen molar-refractivity contribution in [2.24, 2.45) is 0 Å². The van der Waals surface area contributed by atoms with Gasteiger partial charge in [-0.05, 0) is 182 Å². The molecular weight excluding hydrogens is 985 g/mol. The van der Waals surface area contributed by atoms with Gasteiger partial charge in [0.05, 0.1) is 0 Å². The highest BCUT2D eigenvalue weighted by molar-refractivity contribution is 7.25. The van der Waals surface area contributed by atoms with E-state index < -0.39 is 0 Å². The Bertz CT molecular complexity index is 4300. The summed E-state index contributed by atoms with van der Waals surface area (Å²) >= 11 is 1.83. The Morgan fingerprint density at radius 1 is 0.190 bits per heavy atom. The minimum atomic E-state index is 0.840. The molecule has 79 heavy (non-hydrogen) atoms. The quantitative estimate of drug-likeness (QED) is 0.121. The molecule has 0 bridgehead atoms. The molecule has 0 unspecified atom stereocenters. The second-order valence-corrected chi connectivity index (χ2v) is 20.8. The van der Waals surface area contributed by atoms with Crippen LogP contribution in [0.1, 0.15) is 0 Å². The number of rotatable bonds is 12. The summed E-state index contributed by atoms with van der Waals surface area (Å²) in [5.41, 5.74) is 16.1. The molecule has 0 saturated carbocycles. The van der Waals surface area contributed by atoms with Crippen LogP contribution in [-0.4, -0.2) is 0 Å². The summed E-state index contributed by atoms with van der Waals surface area (Å²) in [6.45, 7) is 0. The van der Waals surface area contributed by atoms with Gasteiger partial charge in [0.2, 0.25) is 0 Å². The third-order valence-corrected chi connectivity index (χ3v) is 16.1. The smallest absolute Gasteiger partial charge is 0.135 e. The third-order valence-electron chi connectivity index (χ3n) is 14.9. The fourth-order valence-corrected chi connectivity index (χ4v) is 12.4. The van der Waals surface area contributed by atoms with E-state index in [9.17, 15) is 0 Å². The summed E-state index contributed by atoms with van der Waals surface area (Å²) in [6.07, 6.45) is 0. The van der Waals surface area contributed by atoms with Gasteiger partial charge in [-0.1, -0.05) is 109 Å². The molecule has 0 spiro atoms. The first-order chi connectivity index (χ1) is 39.1. The Hall–Kier alpha value is -10.3. The topological polar surface area (TPSA) is 39.2 Å². The van der Waals surface area contributed by atoms with E-state index in [2.05, 4.69) is 311 Å².